The number of fused-ring (bicyclic) bond motifs is 1. The van der Waals surface area contributed by atoms with E-state index in [4.69, 9.17) is 14.9 Å². The second-order valence-electron chi connectivity index (χ2n) is 7.18. The number of anilines is 1. The van der Waals surface area contributed by atoms with E-state index in [9.17, 15) is 9.90 Å². The Morgan fingerprint density at radius 2 is 2.13 bits per heavy atom. The van der Waals surface area contributed by atoms with Crippen LogP contribution in [0, 0.1) is 12.3 Å². The average molecular weight is 408 g/mol. The highest BCUT2D eigenvalue weighted by molar-refractivity contribution is 5.98. The number of rotatable bonds is 5. The van der Waals surface area contributed by atoms with Crippen molar-refractivity contribution in [2.75, 3.05) is 24.7 Å². The fourth-order valence-corrected chi connectivity index (χ4v) is 3.50. The number of hydrogen-bond donors (Lipinski definition) is 3. The molecule has 1 aliphatic rings. The van der Waals surface area contributed by atoms with Gasteiger partial charge in [-0.05, 0) is 44.2 Å². The highest BCUT2D eigenvalue weighted by Crippen LogP contribution is 2.27. The minimum Gasteiger partial charge on any atom is -0.478 e. The van der Waals surface area contributed by atoms with E-state index in [2.05, 4.69) is 9.97 Å². The highest BCUT2D eigenvalue weighted by atomic mass is 16.5. The molecule has 2 aromatic carbocycles. The van der Waals surface area contributed by atoms with Gasteiger partial charge in [-0.1, -0.05) is 17.7 Å². The maximum absolute atomic E-state index is 13.0. The molecule has 1 aliphatic heterocycles. The van der Waals surface area contributed by atoms with Crippen molar-refractivity contribution in [3.05, 3.63) is 59.4 Å². The predicted octanol–water partition coefficient (Wildman–Crippen LogP) is 2.70. The Hall–Kier alpha value is -3.23. The van der Waals surface area contributed by atoms with Crippen molar-refractivity contribution < 1.29 is 19.4 Å². The third kappa shape index (κ3) is 3.79. The van der Waals surface area contributed by atoms with Crippen molar-refractivity contribution in [1.82, 2.24) is 9.97 Å². The van der Waals surface area contributed by atoms with Crippen LogP contribution < -0.4 is 4.90 Å². The van der Waals surface area contributed by atoms with Gasteiger partial charge in [-0.15, -0.1) is 0 Å². The van der Waals surface area contributed by atoms with Crippen molar-refractivity contribution in [2.45, 2.75) is 26.1 Å². The first-order valence-corrected chi connectivity index (χ1v) is 9.87. The van der Waals surface area contributed by atoms with Gasteiger partial charge in [0.2, 0.25) is 5.90 Å². The number of morpholine rings is 1. The van der Waals surface area contributed by atoms with Crippen LogP contribution in [0.3, 0.4) is 0 Å². The number of carbonyl (C=O) groups is 1. The number of aliphatic hydroxyl groups is 1. The third-order valence-electron chi connectivity index (χ3n) is 5.09. The largest absolute Gasteiger partial charge is 0.478 e. The van der Waals surface area contributed by atoms with Gasteiger partial charge in [0.15, 0.2) is 6.10 Å². The summed E-state index contributed by atoms with van der Waals surface area (Å²) in [5.74, 6) is 0.00157. The summed E-state index contributed by atoms with van der Waals surface area (Å²) in [6, 6.07) is 12.9. The molecule has 1 amide bonds. The summed E-state index contributed by atoms with van der Waals surface area (Å²) in [7, 11) is 0. The first-order chi connectivity index (χ1) is 14.5. The minimum absolute atomic E-state index is 0.0654. The number of nitrogens with one attached hydrogen (secondary N) is 2. The normalized spacial score (nSPS) is 17.9. The first-order valence-electron chi connectivity index (χ1n) is 9.87. The van der Waals surface area contributed by atoms with Gasteiger partial charge in [-0.2, -0.15) is 0 Å². The summed E-state index contributed by atoms with van der Waals surface area (Å²) in [5.41, 5.74) is 3.75. The molecule has 2 atom stereocenters. The summed E-state index contributed by atoms with van der Waals surface area (Å²) >= 11 is 0. The number of hydrogen-bond acceptors (Lipinski definition) is 6. The molecule has 0 unspecified atom stereocenters. The summed E-state index contributed by atoms with van der Waals surface area (Å²) in [6.45, 7) is 4.95. The van der Waals surface area contributed by atoms with Crippen LogP contribution in [0.15, 0.2) is 42.5 Å². The van der Waals surface area contributed by atoms with Crippen LogP contribution in [0.4, 0.5) is 5.69 Å². The molecule has 1 aromatic heterocycles. The highest BCUT2D eigenvalue weighted by Gasteiger charge is 2.38. The Balaban J connectivity index is 1.57. The Kier molecular flexibility index (Phi) is 5.52. The quantitative estimate of drug-likeness (QED) is 0.444. The van der Waals surface area contributed by atoms with E-state index < -0.39 is 12.2 Å². The molecule has 8 nitrogen and oxygen atoms in total. The lowest BCUT2D eigenvalue weighted by Gasteiger charge is -2.34. The molecule has 156 valence electrons. The summed E-state index contributed by atoms with van der Waals surface area (Å²) in [5, 5.41) is 18.8. The number of benzene rings is 2. The molecule has 0 aliphatic carbocycles. The molecule has 0 radical (unpaired) electrons. The molecule has 2 heterocycles. The van der Waals surface area contributed by atoms with Gasteiger partial charge in [0.05, 0.1) is 24.2 Å². The molecule has 0 saturated carbocycles. The Bertz CT molecular complexity index is 1080. The predicted molar refractivity (Wildman–Crippen MR) is 113 cm³/mol. The number of carbonyl (C=O) groups excluding carboxylic acids is 1. The number of aryl methyl sites for hydroxylation is 1. The van der Waals surface area contributed by atoms with Crippen LogP contribution in [-0.2, 0) is 14.3 Å². The molecular weight excluding hydrogens is 384 g/mol. The Morgan fingerprint density at radius 1 is 1.37 bits per heavy atom. The lowest BCUT2D eigenvalue weighted by Crippen LogP contribution is -2.50. The number of imidazole rings is 1. The molecule has 3 N–H and O–H groups in total. The van der Waals surface area contributed by atoms with Gasteiger partial charge in [0.25, 0.3) is 5.91 Å². The zero-order chi connectivity index (χ0) is 21.3. The molecule has 0 bridgehead atoms. The van der Waals surface area contributed by atoms with Crippen LogP contribution in [0.1, 0.15) is 30.0 Å². The van der Waals surface area contributed by atoms with Gasteiger partial charge in [-0.3, -0.25) is 10.2 Å². The standard InChI is InChI=1S/C22H24N4O4/c1-3-29-20(23)14-6-9-16-17(12-14)25-21(24-16)18(27)19-22(28)26(10-11-30-19)15-7-4-13(2)5-8-15/h4-9,12,18-19,23,27H,3,10-11H2,1-2H3,(H,24,25)/t18-,19-/m1/s1. The van der Waals surface area contributed by atoms with E-state index in [1.165, 1.54) is 0 Å². The number of aliphatic hydroxyl groups excluding tert-OH is 1. The Morgan fingerprint density at radius 3 is 2.87 bits per heavy atom. The van der Waals surface area contributed by atoms with Crippen LogP contribution in [0.25, 0.3) is 11.0 Å². The molecule has 1 fully saturated rings. The fraction of sp³-hybridized carbons (Fsp3) is 0.318. The van der Waals surface area contributed by atoms with Gasteiger partial charge >= 0.3 is 0 Å². The first kappa shape index (κ1) is 20.1. The van der Waals surface area contributed by atoms with E-state index in [1.807, 2.05) is 38.1 Å². The van der Waals surface area contributed by atoms with Crippen LogP contribution in [0.2, 0.25) is 0 Å². The van der Waals surface area contributed by atoms with E-state index in [0.717, 1.165) is 11.3 Å². The molecule has 0 spiro atoms. The number of nitrogens with zero attached hydrogens (tertiary/aromatic N) is 2. The zero-order valence-electron chi connectivity index (χ0n) is 16.9. The number of H-pyrrole nitrogens is 1. The summed E-state index contributed by atoms with van der Waals surface area (Å²) in [6.07, 6.45) is -2.30. The number of ether oxygens (including phenoxy) is 2. The van der Waals surface area contributed by atoms with Crippen molar-refractivity contribution in [3.8, 4) is 0 Å². The van der Waals surface area contributed by atoms with Gasteiger partial charge in [0.1, 0.15) is 11.9 Å². The summed E-state index contributed by atoms with van der Waals surface area (Å²) in [4.78, 5) is 22.1. The monoisotopic (exact) mass is 408 g/mol. The molecule has 4 rings (SSSR count). The van der Waals surface area contributed by atoms with Gasteiger partial charge in [0, 0.05) is 17.8 Å². The smallest absolute Gasteiger partial charge is 0.259 e. The van der Waals surface area contributed by atoms with Crippen LogP contribution in [-0.4, -0.2) is 52.7 Å². The lowest BCUT2D eigenvalue weighted by molar-refractivity contribution is -0.143. The molecular formula is C22H24N4O4. The maximum Gasteiger partial charge on any atom is 0.259 e. The summed E-state index contributed by atoms with van der Waals surface area (Å²) < 4.78 is 10.8. The lowest BCUT2D eigenvalue weighted by atomic mass is 10.1. The average Bonchev–Trinajstić information content (AvgIpc) is 3.18. The number of aromatic nitrogens is 2. The molecule has 1 saturated heterocycles. The number of amides is 1. The van der Waals surface area contributed by atoms with E-state index in [1.54, 1.807) is 23.1 Å². The third-order valence-corrected chi connectivity index (χ3v) is 5.09. The Labute approximate surface area is 174 Å². The maximum atomic E-state index is 13.0. The van der Waals surface area contributed by atoms with E-state index >= 15 is 0 Å². The zero-order valence-corrected chi connectivity index (χ0v) is 16.9. The van der Waals surface area contributed by atoms with Crippen molar-refractivity contribution in [2.24, 2.45) is 0 Å². The second kappa shape index (κ2) is 8.25. The van der Waals surface area contributed by atoms with E-state index in [-0.39, 0.29) is 17.6 Å². The minimum atomic E-state index is -1.24. The molecule has 30 heavy (non-hydrogen) atoms. The topological polar surface area (TPSA) is 112 Å². The van der Waals surface area contributed by atoms with Gasteiger partial charge < -0.3 is 24.5 Å². The van der Waals surface area contributed by atoms with Crippen LogP contribution in [0.5, 0.6) is 0 Å². The van der Waals surface area contributed by atoms with Crippen molar-refractivity contribution in [1.29, 1.82) is 5.41 Å². The van der Waals surface area contributed by atoms with Crippen molar-refractivity contribution >= 4 is 28.5 Å². The number of aromatic amines is 1. The second-order valence-corrected chi connectivity index (χ2v) is 7.18. The molecule has 3 aromatic rings. The van der Waals surface area contributed by atoms with E-state index in [0.29, 0.717) is 36.4 Å². The fourth-order valence-electron chi connectivity index (χ4n) is 3.50. The van der Waals surface area contributed by atoms with Crippen molar-refractivity contribution in [3.63, 3.8) is 0 Å². The SMILES string of the molecule is CCOC(=N)c1ccc2nc([C@H](O)[C@H]3OCCN(c4ccc(C)cc4)C3=O)[nH]c2c1. The molecule has 8 heteroatoms. The van der Waals surface area contributed by atoms with Crippen LogP contribution >= 0.6 is 0 Å². The van der Waals surface area contributed by atoms with Gasteiger partial charge in [-0.25, -0.2) is 4.98 Å².